The van der Waals surface area contributed by atoms with Crippen LogP contribution in [0.1, 0.15) is 55.8 Å². The molecule has 2 saturated carbocycles. The van der Waals surface area contributed by atoms with E-state index in [1.54, 1.807) is 13.3 Å². The van der Waals surface area contributed by atoms with Gasteiger partial charge in [0.25, 0.3) is 0 Å². The van der Waals surface area contributed by atoms with Crippen molar-refractivity contribution in [2.75, 3.05) is 7.11 Å². The monoisotopic (exact) mass is 381 g/mol. The van der Waals surface area contributed by atoms with Crippen molar-refractivity contribution in [3.8, 4) is 18.6 Å². The van der Waals surface area contributed by atoms with Crippen LogP contribution in [-0.2, 0) is 10.9 Å². The molecule has 146 valence electrons. The van der Waals surface area contributed by atoms with Crippen molar-refractivity contribution in [2.45, 2.75) is 62.8 Å². The molecule has 0 atom stereocenters. The highest BCUT2D eigenvalue weighted by Crippen LogP contribution is 2.43. The van der Waals surface area contributed by atoms with Gasteiger partial charge in [0.2, 0.25) is 0 Å². The van der Waals surface area contributed by atoms with Gasteiger partial charge in [-0.2, -0.15) is 13.2 Å². The lowest BCUT2D eigenvalue weighted by Gasteiger charge is -2.29. The van der Waals surface area contributed by atoms with Gasteiger partial charge < -0.3 is 9.47 Å². The van der Waals surface area contributed by atoms with Crippen LogP contribution < -0.4 is 4.74 Å². The molecule has 0 amide bonds. The highest BCUT2D eigenvalue weighted by molar-refractivity contribution is 5.57. The standard InChI is InChI=1S/C17H20F3N3O2.C2H2/c1-24-11-4-6-12(7-5-11)25-13-8-9-23-15(10-2-3-10)21-22-16(23)14(13)17(18,19)20;1-2/h8-12H,2-7H2,1H3;1-2H. The molecule has 0 radical (unpaired) electrons. The van der Waals surface area contributed by atoms with Gasteiger partial charge in [-0.05, 0) is 44.6 Å². The molecule has 0 saturated heterocycles. The van der Waals surface area contributed by atoms with Crippen molar-refractivity contribution in [1.82, 2.24) is 14.6 Å². The zero-order valence-corrected chi connectivity index (χ0v) is 15.1. The Morgan fingerprint density at radius 2 is 1.67 bits per heavy atom. The summed E-state index contributed by atoms with van der Waals surface area (Å²) in [4.78, 5) is 0. The zero-order valence-electron chi connectivity index (χ0n) is 15.1. The van der Waals surface area contributed by atoms with Crippen molar-refractivity contribution in [3.63, 3.8) is 0 Å². The van der Waals surface area contributed by atoms with Crippen LogP contribution in [-0.4, -0.2) is 33.9 Å². The summed E-state index contributed by atoms with van der Waals surface area (Å²) in [6, 6.07) is 1.40. The van der Waals surface area contributed by atoms with Gasteiger partial charge in [0.05, 0.1) is 12.2 Å². The minimum atomic E-state index is -4.55. The molecule has 2 fully saturated rings. The fourth-order valence-corrected chi connectivity index (χ4v) is 3.51. The highest BCUT2D eigenvalue weighted by Gasteiger charge is 2.40. The number of rotatable bonds is 4. The summed E-state index contributed by atoms with van der Waals surface area (Å²) < 4.78 is 53.6. The van der Waals surface area contributed by atoms with Crippen molar-refractivity contribution in [1.29, 1.82) is 0 Å². The number of nitrogens with zero attached hydrogens (tertiary/aromatic N) is 3. The molecule has 4 rings (SSSR count). The summed E-state index contributed by atoms with van der Waals surface area (Å²) in [7, 11) is 1.66. The first-order valence-corrected chi connectivity index (χ1v) is 8.95. The van der Waals surface area contributed by atoms with E-state index in [0.29, 0.717) is 18.7 Å². The van der Waals surface area contributed by atoms with Crippen LogP contribution in [0.25, 0.3) is 5.65 Å². The van der Waals surface area contributed by atoms with E-state index >= 15 is 0 Å². The first kappa shape index (κ1) is 19.5. The Hall–Kier alpha value is -2.27. The SMILES string of the molecule is C#C.COC1CCC(Oc2ccn3c(C4CC4)nnc3c2C(F)(F)F)CC1. The first-order chi connectivity index (χ1) is 13.0. The van der Waals surface area contributed by atoms with Crippen molar-refractivity contribution in [2.24, 2.45) is 0 Å². The number of halogens is 3. The molecule has 2 heterocycles. The summed E-state index contributed by atoms with van der Waals surface area (Å²) in [5.74, 6) is 0.662. The van der Waals surface area contributed by atoms with Crippen LogP contribution in [0, 0.1) is 12.8 Å². The quantitative estimate of drug-likeness (QED) is 0.745. The Balaban J connectivity index is 0.00000102. The second-order valence-electron chi connectivity index (χ2n) is 6.83. The third-order valence-corrected chi connectivity index (χ3v) is 5.04. The van der Waals surface area contributed by atoms with Gasteiger partial charge in [0.15, 0.2) is 5.65 Å². The van der Waals surface area contributed by atoms with Crippen LogP contribution in [0.15, 0.2) is 12.3 Å². The summed E-state index contributed by atoms with van der Waals surface area (Å²) in [5, 5.41) is 7.80. The van der Waals surface area contributed by atoms with Crippen LogP contribution in [0.2, 0.25) is 0 Å². The number of hydrogen-bond acceptors (Lipinski definition) is 4. The lowest BCUT2D eigenvalue weighted by molar-refractivity contribution is -0.138. The Bertz CT molecular complexity index is 804. The largest absolute Gasteiger partial charge is 0.490 e. The molecule has 0 spiro atoms. The highest BCUT2D eigenvalue weighted by atomic mass is 19.4. The molecule has 27 heavy (non-hydrogen) atoms. The number of fused-ring (bicyclic) bond motifs is 1. The Morgan fingerprint density at radius 3 is 2.22 bits per heavy atom. The molecule has 0 aliphatic heterocycles. The van der Waals surface area contributed by atoms with Crippen molar-refractivity contribution >= 4 is 5.65 Å². The summed E-state index contributed by atoms with van der Waals surface area (Å²) in [6.45, 7) is 0. The number of pyridine rings is 1. The predicted molar refractivity (Wildman–Crippen MR) is 93.5 cm³/mol. The van der Waals surface area contributed by atoms with E-state index < -0.39 is 11.7 Å². The van der Waals surface area contributed by atoms with E-state index in [2.05, 4.69) is 23.0 Å². The van der Waals surface area contributed by atoms with Gasteiger partial charge in [-0.3, -0.25) is 4.40 Å². The molecule has 0 unspecified atom stereocenters. The Labute approximate surface area is 155 Å². The molecule has 0 aromatic carbocycles. The van der Waals surface area contributed by atoms with Gasteiger partial charge in [0, 0.05) is 19.2 Å². The maximum atomic E-state index is 13.7. The molecule has 8 heteroatoms. The van der Waals surface area contributed by atoms with Gasteiger partial charge in [-0.25, -0.2) is 0 Å². The molecule has 5 nitrogen and oxygen atoms in total. The van der Waals surface area contributed by atoms with Crippen LogP contribution in [0.4, 0.5) is 13.2 Å². The Kier molecular flexibility index (Phi) is 5.61. The van der Waals surface area contributed by atoms with Crippen LogP contribution in [0.5, 0.6) is 5.75 Å². The van der Waals surface area contributed by atoms with Crippen LogP contribution >= 0.6 is 0 Å². The van der Waals surface area contributed by atoms with E-state index in [-0.39, 0.29) is 29.5 Å². The van der Waals surface area contributed by atoms with E-state index in [1.807, 2.05) is 0 Å². The third-order valence-electron chi connectivity index (χ3n) is 5.04. The average Bonchev–Trinajstić information content (AvgIpc) is 3.42. The van der Waals surface area contributed by atoms with Gasteiger partial charge in [0.1, 0.15) is 17.1 Å². The first-order valence-electron chi connectivity index (χ1n) is 8.95. The number of hydrogen-bond donors (Lipinski definition) is 0. The maximum absolute atomic E-state index is 13.7. The predicted octanol–water partition coefficient (Wildman–Crippen LogP) is 4.21. The number of methoxy groups -OCH3 is 1. The summed E-state index contributed by atoms with van der Waals surface area (Å²) >= 11 is 0. The van der Waals surface area contributed by atoms with E-state index in [0.717, 1.165) is 25.7 Å². The third kappa shape index (κ3) is 4.03. The zero-order chi connectivity index (χ0) is 19.6. The molecule has 0 N–H and O–H groups in total. The smallest absolute Gasteiger partial charge is 0.423 e. The van der Waals surface area contributed by atoms with Gasteiger partial charge >= 0.3 is 6.18 Å². The fourth-order valence-electron chi connectivity index (χ4n) is 3.51. The molecule has 0 bridgehead atoms. The number of alkyl halides is 3. The second kappa shape index (κ2) is 7.77. The van der Waals surface area contributed by atoms with Crippen molar-refractivity contribution < 1.29 is 22.6 Å². The molecule has 2 aromatic heterocycles. The summed E-state index contributed by atoms with van der Waals surface area (Å²) in [5.41, 5.74) is -0.999. The molecule has 2 aliphatic carbocycles. The topological polar surface area (TPSA) is 48.7 Å². The fraction of sp³-hybridized carbons (Fsp3) is 0.579. The van der Waals surface area contributed by atoms with E-state index in [4.69, 9.17) is 9.47 Å². The van der Waals surface area contributed by atoms with Gasteiger partial charge in [-0.1, -0.05) is 0 Å². The normalized spacial score (nSPS) is 22.9. The second-order valence-corrected chi connectivity index (χ2v) is 6.83. The summed E-state index contributed by atoms with van der Waals surface area (Å²) in [6.07, 6.45) is 9.82. The lowest BCUT2D eigenvalue weighted by Crippen LogP contribution is -2.28. The van der Waals surface area contributed by atoms with Crippen molar-refractivity contribution in [3.05, 3.63) is 23.7 Å². The maximum Gasteiger partial charge on any atom is 0.423 e. The number of terminal acetylenes is 1. The number of aromatic nitrogens is 3. The van der Waals surface area contributed by atoms with Crippen LogP contribution in [0.3, 0.4) is 0 Å². The molecule has 2 aliphatic rings. The molecule has 2 aromatic rings. The average molecular weight is 381 g/mol. The molecular weight excluding hydrogens is 359 g/mol. The lowest BCUT2D eigenvalue weighted by atomic mass is 9.95. The van der Waals surface area contributed by atoms with E-state index in [9.17, 15) is 13.2 Å². The minimum absolute atomic E-state index is 0.157. The molecular formula is C19H22F3N3O2. The Morgan fingerprint density at radius 1 is 1.04 bits per heavy atom. The van der Waals surface area contributed by atoms with E-state index in [1.165, 1.54) is 10.5 Å². The number of ether oxygens (including phenoxy) is 2. The minimum Gasteiger partial charge on any atom is -0.490 e. The van der Waals surface area contributed by atoms with Gasteiger partial charge in [-0.15, -0.1) is 23.0 Å².